The molecular weight excluding hydrogens is 296 g/mol. The van der Waals surface area contributed by atoms with E-state index in [9.17, 15) is 9.90 Å². The van der Waals surface area contributed by atoms with Gasteiger partial charge in [-0.15, -0.1) is 0 Å². The Bertz CT molecular complexity index is 505. The van der Waals surface area contributed by atoms with Crippen LogP contribution in [0.25, 0.3) is 0 Å². The minimum absolute atomic E-state index is 0.0258. The topological polar surface area (TPSA) is 62.2 Å². The maximum Gasteiger partial charge on any atom is 0.226 e. The number of β-amino-alcohol motifs (C(OH)–C–C–N with tert-alkyl or cyclic N) is 1. The summed E-state index contributed by atoms with van der Waals surface area (Å²) >= 11 is 0. The molecule has 2 fully saturated rings. The molecule has 1 N–H and O–H groups in total. The van der Waals surface area contributed by atoms with Crippen molar-refractivity contribution in [2.24, 2.45) is 0 Å². The predicted molar refractivity (Wildman–Crippen MR) is 85.3 cm³/mol. The van der Waals surface area contributed by atoms with E-state index in [-0.39, 0.29) is 11.9 Å². The Balaban J connectivity index is 1.44. The van der Waals surface area contributed by atoms with Crippen LogP contribution in [-0.4, -0.2) is 79.0 Å². The Morgan fingerprint density at radius 2 is 1.96 bits per heavy atom. The number of aliphatic hydroxyl groups excluding tert-OH is 1. The first-order valence-electron chi connectivity index (χ1n) is 8.19. The Labute approximate surface area is 136 Å². The third kappa shape index (κ3) is 4.22. The molecule has 1 aromatic carbocycles. The van der Waals surface area contributed by atoms with Gasteiger partial charge in [0.25, 0.3) is 0 Å². The number of carbonyl (C=O) groups excluding carboxylic acids is 1. The number of ether oxygens (including phenoxy) is 2. The number of rotatable bonds is 5. The molecule has 1 aromatic rings. The lowest BCUT2D eigenvalue weighted by Crippen LogP contribution is -2.49. The first kappa shape index (κ1) is 16.2. The first-order valence-corrected chi connectivity index (χ1v) is 8.19. The fourth-order valence-electron chi connectivity index (χ4n) is 3.17. The molecule has 2 atom stereocenters. The molecule has 2 aliphatic rings. The zero-order chi connectivity index (χ0) is 16.1. The molecular formula is C17H24N2O4. The Hall–Kier alpha value is -1.63. The molecule has 23 heavy (non-hydrogen) atoms. The van der Waals surface area contributed by atoms with Crippen LogP contribution in [0.3, 0.4) is 0 Å². The number of hydrogen-bond acceptors (Lipinski definition) is 5. The largest absolute Gasteiger partial charge is 0.493 e. The van der Waals surface area contributed by atoms with Crippen LogP contribution in [0.5, 0.6) is 5.75 Å². The van der Waals surface area contributed by atoms with Crippen molar-refractivity contribution in [3.05, 3.63) is 30.3 Å². The number of amides is 1. The third-order valence-electron chi connectivity index (χ3n) is 4.45. The molecule has 2 saturated heterocycles. The van der Waals surface area contributed by atoms with E-state index < -0.39 is 6.10 Å². The molecule has 0 aromatic heterocycles. The zero-order valence-corrected chi connectivity index (χ0v) is 13.3. The van der Waals surface area contributed by atoms with Crippen molar-refractivity contribution in [3.63, 3.8) is 0 Å². The standard InChI is InChI=1S/C17H24N2O4/c20-16-13-19(12-15(16)18-7-10-22-11-8-18)17(21)6-9-23-14-4-2-1-3-5-14/h1-5,15-16,20H,6-13H2/t15-,16-/m0/s1. The average Bonchev–Trinajstić information content (AvgIpc) is 2.98. The van der Waals surface area contributed by atoms with Gasteiger partial charge in [-0.2, -0.15) is 0 Å². The molecule has 0 aliphatic carbocycles. The van der Waals surface area contributed by atoms with Gasteiger partial charge in [-0.05, 0) is 12.1 Å². The van der Waals surface area contributed by atoms with Crippen molar-refractivity contribution in [3.8, 4) is 5.75 Å². The van der Waals surface area contributed by atoms with E-state index in [1.807, 2.05) is 30.3 Å². The van der Waals surface area contributed by atoms with Crippen molar-refractivity contribution in [1.29, 1.82) is 0 Å². The zero-order valence-electron chi connectivity index (χ0n) is 13.3. The highest BCUT2D eigenvalue weighted by Gasteiger charge is 2.37. The van der Waals surface area contributed by atoms with Crippen molar-refractivity contribution in [2.45, 2.75) is 18.6 Å². The van der Waals surface area contributed by atoms with E-state index in [0.29, 0.717) is 39.3 Å². The lowest BCUT2D eigenvalue weighted by Gasteiger charge is -2.33. The summed E-state index contributed by atoms with van der Waals surface area (Å²) in [4.78, 5) is 16.3. The van der Waals surface area contributed by atoms with Gasteiger partial charge in [0.1, 0.15) is 5.75 Å². The van der Waals surface area contributed by atoms with E-state index in [0.717, 1.165) is 18.8 Å². The summed E-state index contributed by atoms with van der Waals surface area (Å²) in [6.45, 7) is 4.39. The lowest BCUT2D eigenvalue weighted by atomic mass is 10.1. The summed E-state index contributed by atoms with van der Waals surface area (Å²) < 4.78 is 10.9. The van der Waals surface area contributed by atoms with E-state index in [2.05, 4.69) is 4.90 Å². The lowest BCUT2D eigenvalue weighted by molar-refractivity contribution is -0.131. The fourth-order valence-corrected chi connectivity index (χ4v) is 3.17. The van der Waals surface area contributed by atoms with E-state index in [1.54, 1.807) is 4.90 Å². The molecule has 0 unspecified atom stereocenters. The summed E-state index contributed by atoms with van der Waals surface area (Å²) in [6, 6.07) is 9.51. The SMILES string of the molecule is O=C(CCOc1ccccc1)N1C[C@H](O)[C@@H](N2CCOCC2)C1. The highest BCUT2D eigenvalue weighted by molar-refractivity contribution is 5.76. The van der Waals surface area contributed by atoms with E-state index in [4.69, 9.17) is 9.47 Å². The normalized spacial score (nSPS) is 25.5. The van der Waals surface area contributed by atoms with Crippen LogP contribution >= 0.6 is 0 Å². The van der Waals surface area contributed by atoms with Gasteiger partial charge in [0.2, 0.25) is 5.91 Å². The highest BCUT2D eigenvalue weighted by Crippen LogP contribution is 2.18. The molecule has 0 radical (unpaired) electrons. The quantitative estimate of drug-likeness (QED) is 0.849. The second kappa shape index (κ2) is 7.77. The number of benzene rings is 1. The van der Waals surface area contributed by atoms with Crippen LogP contribution in [-0.2, 0) is 9.53 Å². The average molecular weight is 320 g/mol. The van der Waals surface area contributed by atoms with Crippen LogP contribution in [0, 0.1) is 0 Å². The van der Waals surface area contributed by atoms with E-state index >= 15 is 0 Å². The van der Waals surface area contributed by atoms with Gasteiger partial charge in [-0.1, -0.05) is 18.2 Å². The minimum Gasteiger partial charge on any atom is -0.493 e. The maximum atomic E-state index is 12.3. The van der Waals surface area contributed by atoms with Gasteiger partial charge in [0.05, 0.1) is 38.4 Å². The summed E-state index contributed by atoms with van der Waals surface area (Å²) in [5, 5.41) is 10.3. The van der Waals surface area contributed by atoms with Crippen molar-refractivity contribution >= 4 is 5.91 Å². The van der Waals surface area contributed by atoms with Crippen molar-refractivity contribution < 1.29 is 19.4 Å². The van der Waals surface area contributed by atoms with Crippen molar-refractivity contribution in [2.75, 3.05) is 46.0 Å². The number of para-hydroxylation sites is 1. The van der Waals surface area contributed by atoms with Crippen LogP contribution in [0.1, 0.15) is 6.42 Å². The second-order valence-electron chi connectivity index (χ2n) is 5.99. The molecule has 0 bridgehead atoms. The van der Waals surface area contributed by atoms with Crippen LogP contribution in [0.2, 0.25) is 0 Å². The summed E-state index contributed by atoms with van der Waals surface area (Å²) in [5.74, 6) is 0.809. The number of morpholine rings is 1. The summed E-state index contributed by atoms with van der Waals surface area (Å²) in [6.07, 6.45) is -0.149. The van der Waals surface area contributed by atoms with Gasteiger partial charge in [-0.25, -0.2) is 0 Å². The third-order valence-corrected chi connectivity index (χ3v) is 4.45. The smallest absolute Gasteiger partial charge is 0.226 e. The molecule has 6 heteroatoms. The Morgan fingerprint density at radius 1 is 1.22 bits per heavy atom. The highest BCUT2D eigenvalue weighted by atomic mass is 16.5. The molecule has 126 valence electrons. The molecule has 3 rings (SSSR count). The Kier molecular flexibility index (Phi) is 5.48. The minimum atomic E-state index is -0.480. The van der Waals surface area contributed by atoms with Gasteiger partial charge in [0, 0.05) is 26.2 Å². The second-order valence-corrected chi connectivity index (χ2v) is 5.99. The van der Waals surface area contributed by atoms with Crippen LogP contribution in [0.4, 0.5) is 0 Å². The van der Waals surface area contributed by atoms with E-state index in [1.165, 1.54) is 0 Å². The molecule has 2 heterocycles. The van der Waals surface area contributed by atoms with Crippen LogP contribution in [0.15, 0.2) is 30.3 Å². The maximum absolute atomic E-state index is 12.3. The number of carbonyl (C=O) groups is 1. The van der Waals surface area contributed by atoms with Crippen molar-refractivity contribution in [1.82, 2.24) is 9.80 Å². The fraction of sp³-hybridized carbons (Fsp3) is 0.588. The monoisotopic (exact) mass is 320 g/mol. The Morgan fingerprint density at radius 3 is 2.70 bits per heavy atom. The first-order chi connectivity index (χ1) is 11.2. The van der Waals surface area contributed by atoms with Gasteiger partial charge in [0.15, 0.2) is 0 Å². The number of likely N-dealkylation sites (tertiary alicyclic amines) is 1. The molecule has 2 aliphatic heterocycles. The van der Waals surface area contributed by atoms with Gasteiger partial charge in [-0.3, -0.25) is 9.69 Å². The predicted octanol–water partition coefficient (Wildman–Crippen LogP) is 0.359. The number of aliphatic hydroxyl groups is 1. The van der Waals surface area contributed by atoms with Gasteiger partial charge >= 0.3 is 0 Å². The molecule has 6 nitrogen and oxygen atoms in total. The summed E-state index contributed by atoms with van der Waals surface area (Å²) in [7, 11) is 0. The number of nitrogens with zero attached hydrogens (tertiary/aromatic N) is 2. The molecule has 0 saturated carbocycles. The number of hydrogen-bond donors (Lipinski definition) is 1. The van der Waals surface area contributed by atoms with Gasteiger partial charge < -0.3 is 19.5 Å². The molecule has 0 spiro atoms. The summed E-state index contributed by atoms with van der Waals surface area (Å²) in [5.41, 5.74) is 0. The van der Waals surface area contributed by atoms with Crippen LogP contribution < -0.4 is 4.74 Å². The molecule has 1 amide bonds.